The molecule has 7 nitrogen and oxygen atoms in total. The summed E-state index contributed by atoms with van der Waals surface area (Å²) in [4.78, 5) is 38.5. The largest absolute Gasteiger partial charge is 0.354 e. The average molecular weight is 422 g/mol. The van der Waals surface area contributed by atoms with Crippen LogP contribution in [0, 0.1) is 11.7 Å². The second-order valence-electron chi connectivity index (χ2n) is 7.55. The van der Waals surface area contributed by atoms with Crippen molar-refractivity contribution >= 4 is 34.3 Å². The molecule has 160 valence electrons. The number of para-hydroxylation sites is 2. The number of benzene rings is 2. The van der Waals surface area contributed by atoms with Crippen molar-refractivity contribution in [2.75, 3.05) is 24.5 Å². The number of carbonyl (C=O) groups is 3. The molecule has 0 spiro atoms. The predicted octanol–water partition coefficient (Wildman–Crippen LogP) is 2.22. The summed E-state index contributed by atoms with van der Waals surface area (Å²) < 4.78 is 15.8. The summed E-state index contributed by atoms with van der Waals surface area (Å²) in [5, 5.41) is 6.52. The first-order chi connectivity index (χ1) is 15.0. The molecular formula is C23H23FN4O3. The van der Waals surface area contributed by atoms with Crippen molar-refractivity contribution in [1.29, 1.82) is 0 Å². The molecule has 1 aromatic heterocycles. The first-order valence-electron chi connectivity index (χ1n) is 10.1. The lowest BCUT2D eigenvalue weighted by molar-refractivity contribution is -0.126. The molecule has 0 bridgehead atoms. The highest BCUT2D eigenvalue weighted by Crippen LogP contribution is 2.27. The van der Waals surface area contributed by atoms with Gasteiger partial charge in [-0.05, 0) is 24.3 Å². The molecule has 8 heteroatoms. The van der Waals surface area contributed by atoms with Gasteiger partial charge in [0, 0.05) is 44.0 Å². The van der Waals surface area contributed by atoms with Gasteiger partial charge in [0.2, 0.25) is 11.8 Å². The van der Waals surface area contributed by atoms with E-state index in [4.69, 9.17) is 0 Å². The Kier molecular flexibility index (Phi) is 5.70. The highest BCUT2D eigenvalue weighted by atomic mass is 19.1. The smallest absolute Gasteiger partial charge is 0.267 e. The number of hydrogen-bond acceptors (Lipinski definition) is 3. The highest BCUT2D eigenvalue weighted by molar-refractivity contribution is 6.00. The van der Waals surface area contributed by atoms with Gasteiger partial charge in [-0.2, -0.15) is 0 Å². The van der Waals surface area contributed by atoms with E-state index in [-0.39, 0.29) is 49.5 Å². The second kappa shape index (κ2) is 8.59. The molecular weight excluding hydrogens is 399 g/mol. The molecule has 3 amide bonds. The van der Waals surface area contributed by atoms with E-state index < -0.39 is 11.7 Å². The molecule has 2 aromatic carbocycles. The maximum atomic E-state index is 14.0. The lowest BCUT2D eigenvalue weighted by Gasteiger charge is -2.17. The molecule has 1 atom stereocenters. The van der Waals surface area contributed by atoms with Crippen LogP contribution in [0.5, 0.6) is 0 Å². The summed E-state index contributed by atoms with van der Waals surface area (Å²) in [5.41, 5.74) is 1.69. The van der Waals surface area contributed by atoms with E-state index in [1.54, 1.807) is 12.1 Å². The quantitative estimate of drug-likeness (QED) is 0.598. The minimum absolute atomic E-state index is 0.0302. The van der Waals surface area contributed by atoms with Gasteiger partial charge in [-0.3, -0.25) is 14.4 Å². The van der Waals surface area contributed by atoms with Crippen molar-refractivity contribution in [2.45, 2.75) is 6.42 Å². The van der Waals surface area contributed by atoms with Crippen LogP contribution in [-0.4, -0.2) is 41.9 Å². The fraction of sp³-hybridized carbons (Fsp3) is 0.261. The van der Waals surface area contributed by atoms with Crippen LogP contribution in [0.4, 0.5) is 10.1 Å². The van der Waals surface area contributed by atoms with Crippen LogP contribution in [0.25, 0.3) is 10.9 Å². The molecule has 0 aliphatic carbocycles. The Morgan fingerprint density at radius 2 is 1.77 bits per heavy atom. The molecule has 4 rings (SSSR count). The number of amides is 3. The number of aromatic nitrogens is 1. The van der Waals surface area contributed by atoms with Gasteiger partial charge < -0.3 is 20.1 Å². The maximum absolute atomic E-state index is 14.0. The Labute approximate surface area is 178 Å². The van der Waals surface area contributed by atoms with Crippen molar-refractivity contribution in [1.82, 2.24) is 15.2 Å². The van der Waals surface area contributed by atoms with Crippen LogP contribution < -0.4 is 15.5 Å². The first kappa shape index (κ1) is 20.6. The van der Waals surface area contributed by atoms with Crippen molar-refractivity contribution < 1.29 is 18.8 Å². The standard InChI is InChI=1S/C23H23FN4O3/c1-27-18-8-4-2-6-15(18)12-20(27)23(31)26-11-10-25-22(30)16-13-21(29)28(14-16)19-9-5-3-7-17(19)24/h2-9,12,16H,10-11,13-14H2,1H3,(H,25,30)(H,26,31). The zero-order chi connectivity index (χ0) is 22.0. The highest BCUT2D eigenvalue weighted by Gasteiger charge is 2.35. The molecule has 0 saturated carbocycles. The van der Waals surface area contributed by atoms with Crippen LogP contribution in [0.1, 0.15) is 16.9 Å². The van der Waals surface area contributed by atoms with Crippen LogP contribution in [0.2, 0.25) is 0 Å². The Morgan fingerprint density at radius 3 is 2.55 bits per heavy atom. The Balaban J connectivity index is 1.28. The van der Waals surface area contributed by atoms with Gasteiger partial charge in [0.15, 0.2) is 0 Å². The van der Waals surface area contributed by atoms with E-state index in [1.165, 1.54) is 17.0 Å². The Bertz CT molecular complexity index is 1160. The molecule has 2 heterocycles. The van der Waals surface area contributed by atoms with Gasteiger partial charge in [-0.1, -0.05) is 30.3 Å². The molecule has 1 aliphatic rings. The topological polar surface area (TPSA) is 83.4 Å². The number of aryl methyl sites for hydroxylation is 1. The lowest BCUT2D eigenvalue weighted by atomic mass is 10.1. The third-order valence-electron chi connectivity index (χ3n) is 5.53. The van der Waals surface area contributed by atoms with Crippen molar-refractivity contribution in [3.8, 4) is 0 Å². The summed E-state index contributed by atoms with van der Waals surface area (Å²) in [7, 11) is 1.83. The SMILES string of the molecule is Cn1c(C(=O)NCCNC(=O)C2CC(=O)N(c3ccccc3F)C2)cc2ccccc21. The number of hydrogen-bond donors (Lipinski definition) is 2. The van der Waals surface area contributed by atoms with E-state index in [0.29, 0.717) is 5.69 Å². The minimum atomic E-state index is -0.555. The van der Waals surface area contributed by atoms with Gasteiger partial charge in [0.05, 0.1) is 11.6 Å². The number of nitrogens with one attached hydrogen (secondary N) is 2. The van der Waals surface area contributed by atoms with Crippen molar-refractivity contribution in [3.05, 3.63) is 66.1 Å². The van der Waals surface area contributed by atoms with E-state index in [0.717, 1.165) is 10.9 Å². The van der Waals surface area contributed by atoms with Gasteiger partial charge in [0.1, 0.15) is 11.5 Å². The number of fused-ring (bicyclic) bond motifs is 1. The summed E-state index contributed by atoms with van der Waals surface area (Å²) in [6.45, 7) is 0.622. The number of anilines is 1. The monoisotopic (exact) mass is 422 g/mol. The van der Waals surface area contributed by atoms with Crippen molar-refractivity contribution in [2.24, 2.45) is 13.0 Å². The molecule has 1 unspecified atom stereocenters. The summed E-state index contributed by atoms with van der Waals surface area (Å²) in [5.74, 6) is -1.84. The van der Waals surface area contributed by atoms with Crippen LogP contribution >= 0.6 is 0 Å². The lowest BCUT2D eigenvalue weighted by Crippen LogP contribution is -2.38. The van der Waals surface area contributed by atoms with Crippen LogP contribution in [-0.2, 0) is 16.6 Å². The van der Waals surface area contributed by atoms with Gasteiger partial charge in [0.25, 0.3) is 5.91 Å². The summed E-state index contributed by atoms with van der Waals surface area (Å²) in [6, 6.07) is 15.6. The van der Waals surface area contributed by atoms with Gasteiger partial charge >= 0.3 is 0 Å². The van der Waals surface area contributed by atoms with E-state index in [1.807, 2.05) is 41.9 Å². The molecule has 1 fully saturated rings. The molecule has 1 saturated heterocycles. The summed E-state index contributed by atoms with van der Waals surface area (Å²) in [6.07, 6.45) is 0.0302. The fourth-order valence-electron chi connectivity index (χ4n) is 3.89. The Morgan fingerprint density at radius 1 is 1.06 bits per heavy atom. The fourth-order valence-corrected chi connectivity index (χ4v) is 3.89. The minimum Gasteiger partial charge on any atom is -0.354 e. The molecule has 31 heavy (non-hydrogen) atoms. The predicted molar refractivity (Wildman–Crippen MR) is 115 cm³/mol. The molecule has 1 aliphatic heterocycles. The number of rotatable bonds is 6. The number of halogens is 1. The second-order valence-corrected chi connectivity index (χ2v) is 7.55. The molecule has 2 N–H and O–H groups in total. The number of nitrogens with zero attached hydrogens (tertiary/aromatic N) is 2. The third kappa shape index (κ3) is 4.14. The summed E-state index contributed by atoms with van der Waals surface area (Å²) >= 11 is 0. The van der Waals surface area contributed by atoms with Crippen molar-refractivity contribution in [3.63, 3.8) is 0 Å². The first-order valence-corrected chi connectivity index (χ1v) is 10.1. The van der Waals surface area contributed by atoms with Gasteiger partial charge in [-0.15, -0.1) is 0 Å². The molecule has 0 radical (unpaired) electrons. The number of carbonyl (C=O) groups excluding carboxylic acids is 3. The van der Waals surface area contributed by atoms with E-state index in [9.17, 15) is 18.8 Å². The van der Waals surface area contributed by atoms with E-state index in [2.05, 4.69) is 10.6 Å². The average Bonchev–Trinajstić information content (AvgIpc) is 3.32. The maximum Gasteiger partial charge on any atom is 0.267 e. The van der Waals surface area contributed by atoms with Gasteiger partial charge in [-0.25, -0.2) is 4.39 Å². The zero-order valence-electron chi connectivity index (χ0n) is 17.1. The van der Waals surface area contributed by atoms with Crippen LogP contribution in [0.15, 0.2) is 54.6 Å². The Hall–Kier alpha value is -3.68. The molecule has 3 aromatic rings. The zero-order valence-corrected chi connectivity index (χ0v) is 17.1. The van der Waals surface area contributed by atoms with E-state index >= 15 is 0 Å². The normalized spacial score (nSPS) is 16.0. The third-order valence-corrected chi connectivity index (χ3v) is 5.53. The van der Waals surface area contributed by atoms with Crippen LogP contribution in [0.3, 0.4) is 0 Å².